The molecule has 0 bridgehead atoms. The minimum absolute atomic E-state index is 0.422. The second-order valence-electron chi connectivity index (χ2n) is 7.28. The van der Waals surface area contributed by atoms with Crippen molar-refractivity contribution < 1.29 is 23.8 Å². The van der Waals surface area contributed by atoms with Gasteiger partial charge in [-0.3, -0.25) is 23.9 Å². The molecular formula is C20H21N3O7. The Morgan fingerprint density at radius 1 is 1.10 bits per heavy atom. The van der Waals surface area contributed by atoms with Crippen LogP contribution in [-0.2, 0) is 20.9 Å². The van der Waals surface area contributed by atoms with Crippen molar-refractivity contribution in [1.29, 1.82) is 0 Å². The number of fused-ring (bicyclic) bond motifs is 1. The van der Waals surface area contributed by atoms with E-state index in [0.29, 0.717) is 17.2 Å². The molecule has 1 amide bonds. The zero-order chi connectivity index (χ0) is 21.1. The van der Waals surface area contributed by atoms with Gasteiger partial charge < -0.3 is 19.5 Å². The van der Waals surface area contributed by atoms with Crippen molar-refractivity contribution in [2.45, 2.75) is 44.4 Å². The topological polar surface area (TPSA) is 129 Å². The molecule has 1 saturated carbocycles. The summed E-state index contributed by atoms with van der Waals surface area (Å²) >= 11 is 0. The van der Waals surface area contributed by atoms with Gasteiger partial charge in [0, 0.05) is 36.9 Å². The molecule has 30 heavy (non-hydrogen) atoms. The minimum Gasteiger partial charge on any atom is -0.454 e. The third-order valence-corrected chi connectivity index (χ3v) is 5.00. The first kappa shape index (κ1) is 19.7. The number of esters is 1. The van der Waals surface area contributed by atoms with E-state index in [1.165, 1.54) is 12.6 Å². The minimum atomic E-state index is -0.788. The predicted octanol–water partition coefficient (Wildman–Crippen LogP) is 1.15. The third kappa shape index (κ3) is 4.37. The number of carbonyl (C=O) groups is 2. The molecule has 1 fully saturated rings. The Hall–Kier alpha value is -3.56. The molecule has 0 saturated heterocycles. The van der Waals surface area contributed by atoms with E-state index in [0.717, 1.165) is 36.3 Å². The summed E-state index contributed by atoms with van der Waals surface area (Å²) in [5.41, 5.74) is -0.815. The summed E-state index contributed by atoms with van der Waals surface area (Å²) in [7, 11) is 0. The summed E-state index contributed by atoms with van der Waals surface area (Å²) in [6, 6.07) is 6.21. The van der Waals surface area contributed by atoms with Crippen LogP contribution in [0.15, 0.2) is 40.1 Å². The van der Waals surface area contributed by atoms with Gasteiger partial charge in [0.15, 0.2) is 18.1 Å². The first-order valence-electron chi connectivity index (χ1n) is 9.70. The fourth-order valence-corrected chi connectivity index (χ4v) is 3.56. The molecule has 1 spiro atoms. The standard InChI is InChI=1S/C20H21N3O7/c24-16-6-9-23(19(27)22-16)11-18(26)28-12-17(25)21-13-4-5-14-15(10-13)30-20(29-14)7-2-1-3-8-20/h4-6,9-10H,1-3,7-8,11-12H2,(H,21,25)(H,22,24,27). The Kier molecular flexibility index (Phi) is 5.30. The largest absolute Gasteiger partial charge is 0.454 e. The monoisotopic (exact) mass is 415 g/mol. The highest BCUT2D eigenvalue weighted by molar-refractivity contribution is 5.93. The molecule has 4 rings (SSSR count). The Morgan fingerprint density at radius 2 is 1.87 bits per heavy atom. The Labute approximate surface area is 170 Å². The quantitative estimate of drug-likeness (QED) is 0.701. The molecule has 2 N–H and O–H groups in total. The van der Waals surface area contributed by atoms with E-state index >= 15 is 0 Å². The molecule has 2 aromatic rings. The maximum Gasteiger partial charge on any atom is 0.328 e. The van der Waals surface area contributed by atoms with Gasteiger partial charge in [-0.15, -0.1) is 0 Å². The first-order chi connectivity index (χ1) is 14.4. The molecule has 0 radical (unpaired) electrons. The first-order valence-corrected chi connectivity index (χ1v) is 9.70. The Bertz CT molecular complexity index is 1080. The molecule has 1 aliphatic carbocycles. The van der Waals surface area contributed by atoms with Gasteiger partial charge in [0.1, 0.15) is 6.54 Å². The molecule has 158 valence electrons. The van der Waals surface area contributed by atoms with Crippen LogP contribution in [0.5, 0.6) is 11.5 Å². The van der Waals surface area contributed by atoms with Crippen LogP contribution in [0.2, 0.25) is 0 Å². The molecule has 10 heteroatoms. The van der Waals surface area contributed by atoms with Crippen molar-refractivity contribution in [2.75, 3.05) is 11.9 Å². The van der Waals surface area contributed by atoms with Crippen LogP contribution in [0.25, 0.3) is 0 Å². The van der Waals surface area contributed by atoms with Crippen molar-refractivity contribution in [3.8, 4) is 11.5 Å². The summed E-state index contributed by atoms with van der Waals surface area (Å²) in [5.74, 6) is -0.706. The van der Waals surface area contributed by atoms with Crippen LogP contribution in [0.4, 0.5) is 5.69 Å². The van der Waals surface area contributed by atoms with Gasteiger partial charge in [0.2, 0.25) is 0 Å². The summed E-state index contributed by atoms with van der Waals surface area (Å²) in [6.07, 6.45) is 6.10. The summed E-state index contributed by atoms with van der Waals surface area (Å²) < 4.78 is 17.9. The van der Waals surface area contributed by atoms with E-state index in [9.17, 15) is 19.2 Å². The van der Waals surface area contributed by atoms with Crippen molar-refractivity contribution in [1.82, 2.24) is 9.55 Å². The second kappa shape index (κ2) is 8.05. The zero-order valence-corrected chi connectivity index (χ0v) is 16.1. The third-order valence-electron chi connectivity index (χ3n) is 5.00. The SMILES string of the molecule is O=C(COC(=O)Cn1ccc(=O)[nH]c1=O)Nc1ccc2c(c1)OC1(CCCCC1)O2. The summed E-state index contributed by atoms with van der Waals surface area (Å²) in [6.45, 7) is -0.940. The highest BCUT2D eigenvalue weighted by Gasteiger charge is 2.42. The van der Waals surface area contributed by atoms with E-state index < -0.39 is 42.1 Å². The van der Waals surface area contributed by atoms with Gasteiger partial charge in [0.25, 0.3) is 17.3 Å². The number of aromatic amines is 1. The van der Waals surface area contributed by atoms with Gasteiger partial charge in [-0.2, -0.15) is 0 Å². The Balaban J connectivity index is 1.30. The van der Waals surface area contributed by atoms with E-state index in [4.69, 9.17) is 14.2 Å². The molecule has 1 aromatic heterocycles. The van der Waals surface area contributed by atoms with Gasteiger partial charge in [0.05, 0.1) is 0 Å². The fraction of sp³-hybridized carbons (Fsp3) is 0.400. The molecular weight excluding hydrogens is 394 g/mol. The number of nitrogens with zero attached hydrogens (tertiary/aromatic N) is 1. The number of amides is 1. The van der Waals surface area contributed by atoms with Crippen LogP contribution in [0, 0.1) is 0 Å². The number of aromatic nitrogens is 2. The van der Waals surface area contributed by atoms with Crippen molar-refractivity contribution in [3.63, 3.8) is 0 Å². The number of H-pyrrole nitrogens is 1. The van der Waals surface area contributed by atoms with Crippen molar-refractivity contribution in [3.05, 3.63) is 51.3 Å². The van der Waals surface area contributed by atoms with E-state index in [1.807, 2.05) is 4.98 Å². The predicted molar refractivity (Wildman–Crippen MR) is 104 cm³/mol. The van der Waals surface area contributed by atoms with E-state index in [2.05, 4.69) is 5.32 Å². The summed E-state index contributed by atoms with van der Waals surface area (Å²) in [4.78, 5) is 48.5. The number of anilines is 1. The van der Waals surface area contributed by atoms with Gasteiger partial charge in [-0.05, 0) is 25.0 Å². The average molecular weight is 415 g/mol. The molecule has 10 nitrogen and oxygen atoms in total. The normalized spacial score (nSPS) is 16.3. The van der Waals surface area contributed by atoms with E-state index in [-0.39, 0.29) is 0 Å². The lowest BCUT2D eigenvalue weighted by Crippen LogP contribution is -2.40. The fourth-order valence-electron chi connectivity index (χ4n) is 3.56. The number of hydrogen-bond acceptors (Lipinski definition) is 7. The van der Waals surface area contributed by atoms with Gasteiger partial charge >= 0.3 is 11.7 Å². The average Bonchev–Trinajstić information content (AvgIpc) is 3.05. The number of carbonyl (C=O) groups excluding carboxylic acids is 2. The van der Waals surface area contributed by atoms with Crippen molar-refractivity contribution >= 4 is 17.6 Å². The van der Waals surface area contributed by atoms with Crippen molar-refractivity contribution in [2.24, 2.45) is 0 Å². The second-order valence-corrected chi connectivity index (χ2v) is 7.28. The van der Waals surface area contributed by atoms with Gasteiger partial charge in [-0.1, -0.05) is 6.42 Å². The lowest BCUT2D eigenvalue weighted by atomic mass is 9.94. The summed E-state index contributed by atoms with van der Waals surface area (Å²) in [5, 5.41) is 2.63. The van der Waals surface area contributed by atoms with Crippen LogP contribution in [-0.4, -0.2) is 33.8 Å². The number of rotatable bonds is 5. The highest BCUT2D eigenvalue weighted by Crippen LogP contribution is 2.46. The number of benzene rings is 1. The lowest BCUT2D eigenvalue weighted by molar-refractivity contribution is -0.148. The maximum atomic E-state index is 12.1. The molecule has 1 aliphatic heterocycles. The number of nitrogens with one attached hydrogen (secondary N) is 2. The highest BCUT2D eigenvalue weighted by atomic mass is 16.7. The number of ether oxygens (including phenoxy) is 3. The molecule has 2 heterocycles. The molecule has 0 atom stereocenters. The van der Waals surface area contributed by atoms with Crippen LogP contribution < -0.4 is 26.0 Å². The van der Waals surface area contributed by atoms with Crippen LogP contribution in [0.1, 0.15) is 32.1 Å². The Morgan fingerprint density at radius 3 is 2.63 bits per heavy atom. The maximum absolute atomic E-state index is 12.1. The van der Waals surface area contributed by atoms with Gasteiger partial charge in [-0.25, -0.2) is 4.79 Å². The van der Waals surface area contributed by atoms with E-state index in [1.54, 1.807) is 18.2 Å². The molecule has 1 aromatic carbocycles. The van der Waals surface area contributed by atoms with Crippen LogP contribution in [0.3, 0.4) is 0 Å². The zero-order valence-electron chi connectivity index (χ0n) is 16.1. The number of hydrogen-bond donors (Lipinski definition) is 2. The molecule has 2 aliphatic rings. The lowest BCUT2D eigenvalue weighted by Gasteiger charge is -2.31. The smallest absolute Gasteiger partial charge is 0.328 e. The molecule has 0 unspecified atom stereocenters. The van der Waals surface area contributed by atoms with Crippen LogP contribution >= 0.6 is 0 Å².